The van der Waals surface area contributed by atoms with E-state index in [9.17, 15) is 0 Å². The first-order valence-electron chi connectivity index (χ1n) is 6.86. The van der Waals surface area contributed by atoms with Gasteiger partial charge in [0.1, 0.15) is 0 Å². The molecule has 0 saturated heterocycles. The molecule has 1 aromatic rings. The molecular formula is C16H27NS. The van der Waals surface area contributed by atoms with Crippen LogP contribution in [-0.4, -0.2) is 17.5 Å². The van der Waals surface area contributed by atoms with Gasteiger partial charge in [0.05, 0.1) is 0 Å². The van der Waals surface area contributed by atoms with Crippen LogP contribution < -0.4 is 5.73 Å². The van der Waals surface area contributed by atoms with E-state index in [1.807, 2.05) is 11.8 Å². The van der Waals surface area contributed by atoms with Crippen molar-refractivity contribution in [1.29, 1.82) is 0 Å². The molecule has 1 nitrogen and oxygen atoms in total. The second-order valence-corrected chi connectivity index (χ2v) is 7.14. The van der Waals surface area contributed by atoms with Crippen molar-refractivity contribution >= 4 is 11.8 Å². The van der Waals surface area contributed by atoms with Crippen LogP contribution in [0.4, 0.5) is 0 Å². The molecule has 0 saturated carbocycles. The highest BCUT2D eigenvalue weighted by Crippen LogP contribution is 2.22. The van der Waals surface area contributed by atoms with Crippen LogP contribution in [0.15, 0.2) is 24.3 Å². The molecule has 1 aromatic carbocycles. The number of rotatable bonds is 6. The van der Waals surface area contributed by atoms with E-state index in [1.54, 1.807) is 0 Å². The highest BCUT2D eigenvalue weighted by molar-refractivity contribution is 7.99. The second kappa shape index (κ2) is 7.20. The third kappa shape index (κ3) is 5.45. The van der Waals surface area contributed by atoms with Crippen molar-refractivity contribution in [3.05, 3.63) is 35.4 Å². The van der Waals surface area contributed by atoms with Crippen LogP contribution >= 0.6 is 11.8 Å². The van der Waals surface area contributed by atoms with Gasteiger partial charge < -0.3 is 5.73 Å². The zero-order valence-electron chi connectivity index (χ0n) is 12.2. The fraction of sp³-hybridized carbons (Fsp3) is 0.625. The summed E-state index contributed by atoms with van der Waals surface area (Å²) in [6.45, 7) is 8.95. The number of nitrogens with two attached hydrogens (primary N) is 1. The molecule has 0 heterocycles. The molecule has 0 spiro atoms. The fourth-order valence-electron chi connectivity index (χ4n) is 1.88. The van der Waals surface area contributed by atoms with Crippen LogP contribution in [0.3, 0.4) is 0 Å². The van der Waals surface area contributed by atoms with Crippen LogP contribution in [0.5, 0.6) is 0 Å². The number of hydrogen-bond acceptors (Lipinski definition) is 2. The Bertz CT molecular complexity index is 337. The van der Waals surface area contributed by atoms with E-state index in [0.717, 1.165) is 12.2 Å². The molecule has 1 rings (SSSR count). The van der Waals surface area contributed by atoms with Crippen molar-refractivity contribution in [2.45, 2.75) is 52.0 Å². The van der Waals surface area contributed by atoms with Gasteiger partial charge in [0.25, 0.3) is 0 Å². The van der Waals surface area contributed by atoms with E-state index >= 15 is 0 Å². The van der Waals surface area contributed by atoms with Gasteiger partial charge in [-0.1, -0.05) is 52.0 Å². The fourth-order valence-corrected chi connectivity index (χ4v) is 2.76. The van der Waals surface area contributed by atoms with Crippen molar-refractivity contribution in [3.8, 4) is 0 Å². The normalized spacial score (nSPS) is 13.6. The van der Waals surface area contributed by atoms with Gasteiger partial charge in [-0.15, -0.1) is 0 Å². The Morgan fingerprint density at radius 2 is 1.78 bits per heavy atom. The van der Waals surface area contributed by atoms with Crippen molar-refractivity contribution in [3.63, 3.8) is 0 Å². The van der Waals surface area contributed by atoms with E-state index in [1.165, 1.54) is 23.3 Å². The Balaban J connectivity index is 2.48. The monoisotopic (exact) mass is 265 g/mol. The molecule has 0 aliphatic rings. The summed E-state index contributed by atoms with van der Waals surface area (Å²) in [7, 11) is 0. The van der Waals surface area contributed by atoms with Gasteiger partial charge in [-0.3, -0.25) is 0 Å². The van der Waals surface area contributed by atoms with Gasteiger partial charge in [0.15, 0.2) is 0 Å². The minimum atomic E-state index is 0.234. The van der Waals surface area contributed by atoms with Gasteiger partial charge in [-0.05, 0) is 35.1 Å². The quantitative estimate of drug-likeness (QED) is 0.787. The first-order valence-corrected chi connectivity index (χ1v) is 8.01. The molecule has 2 heteroatoms. The molecule has 0 aromatic heterocycles. The van der Waals surface area contributed by atoms with Gasteiger partial charge in [0.2, 0.25) is 0 Å². The van der Waals surface area contributed by atoms with Crippen molar-refractivity contribution < 1.29 is 0 Å². The molecule has 0 fully saturated rings. The lowest BCUT2D eigenvalue weighted by molar-refractivity contribution is 0.589. The maximum Gasteiger partial charge on any atom is 0.0171 e. The highest BCUT2D eigenvalue weighted by Gasteiger charge is 2.13. The third-order valence-electron chi connectivity index (χ3n) is 3.00. The number of benzene rings is 1. The summed E-state index contributed by atoms with van der Waals surface area (Å²) in [5.74, 6) is 2.28. The average molecular weight is 265 g/mol. The largest absolute Gasteiger partial charge is 0.327 e. The third-order valence-corrected chi connectivity index (χ3v) is 4.36. The maximum atomic E-state index is 6.15. The summed E-state index contributed by atoms with van der Waals surface area (Å²) in [4.78, 5) is 0. The first kappa shape index (κ1) is 15.6. The lowest BCUT2D eigenvalue weighted by atomic mass is 9.86. The van der Waals surface area contributed by atoms with Gasteiger partial charge >= 0.3 is 0 Å². The summed E-state index contributed by atoms with van der Waals surface area (Å²) in [6, 6.07) is 9.21. The van der Waals surface area contributed by atoms with Crippen LogP contribution in [-0.2, 0) is 11.8 Å². The lowest BCUT2D eigenvalue weighted by Crippen LogP contribution is -2.25. The lowest BCUT2D eigenvalue weighted by Gasteiger charge is -2.19. The molecule has 18 heavy (non-hydrogen) atoms. The topological polar surface area (TPSA) is 26.0 Å². The number of thioether (sulfide) groups is 1. The molecule has 0 radical (unpaired) electrons. The number of hydrogen-bond donors (Lipinski definition) is 1. The van der Waals surface area contributed by atoms with Crippen LogP contribution in [0.2, 0.25) is 0 Å². The second-order valence-electron chi connectivity index (χ2n) is 5.99. The average Bonchev–Trinajstić information content (AvgIpc) is 2.29. The molecule has 0 bridgehead atoms. The van der Waals surface area contributed by atoms with E-state index in [0.29, 0.717) is 0 Å². The Kier molecular flexibility index (Phi) is 6.24. The van der Waals surface area contributed by atoms with Crippen LogP contribution in [0, 0.1) is 0 Å². The van der Waals surface area contributed by atoms with Gasteiger partial charge in [-0.25, -0.2) is 0 Å². The van der Waals surface area contributed by atoms with Gasteiger partial charge in [-0.2, -0.15) is 11.8 Å². The summed E-state index contributed by atoms with van der Waals surface area (Å²) in [6.07, 6.45) is 2.22. The highest BCUT2D eigenvalue weighted by atomic mass is 32.2. The Morgan fingerprint density at radius 1 is 1.17 bits per heavy atom. The minimum Gasteiger partial charge on any atom is -0.327 e. The summed E-state index contributed by atoms with van der Waals surface area (Å²) in [5.41, 5.74) is 9.13. The van der Waals surface area contributed by atoms with Gasteiger partial charge in [0, 0.05) is 11.8 Å². The Hall–Kier alpha value is -0.470. The SMILES string of the molecule is CCCSCC(N)Cc1ccc(C(C)(C)C)cc1. The summed E-state index contributed by atoms with van der Waals surface area (Å²) >= 11 is 1.96. The van der Waals surface area contributed by atoms with E-state index in [2.05, 4.69) is 52.0 Å². The van der Waals surface area contributed by atoms with Crippen molar-refractivity contribution in [2.75, 3.05) is 11.5 Å². The predicted molar refractivity (Wildman–Crippen MR) is 84.4 cm³/mol. The molecule has 0 amide bonds. The summed E-state index contributed by atoms with van der Waals surface area (Å²) in [5, 5.41) is 0. The van der Waals surface area contributed by atoms with Crippen molar-refractivity contribution in [2.24, 2.45) is 5.73 Å². The molecular weight excluding hydrogens is 238 g/mol. The van der Waals surface area contributed by atoms with Crippen LogP contribution in [0.1, 0.15) is 45.2 Å². The molecule has 1 atom stereocenters. The van der Waals surface area contributed by atoms with E-state index < -0.39 is 0 Å². The smallest absolute Gasteiger partial charge is 0.0171 e. The van der Waals surface area contributed by atoms with Crippen LogP contribution in [0.25, 0.3) is 0 Å². The zero-order valence-corrected chi connectivity index (χ0v) is 13.0. The summed E-state index contributed by atoms with van der Waals surface area (Å²) < 4.78 is 0. The Labute approximate surface area is 117 Å². The predicted octanol–water partition coefficient (Wildman–Crippen LogP) is 4.00. The molecule has 2 N–H and O–H groups in total. The first-order chi connectivity index (χ1) is 8.43. The van der Waals surface area contributed by atoms with E-state index in [4.69, 9.17) is 5.73 Å². The molecule has 1 unspecified atom stereocenters. The maximum absolute atomic E-state index is 6.15. The molecule has 0 aliphatic carbocycles. The zero-order chi connectivity index (χ0) is 13.6. The van der Waals surface area contributed by atoms with E-state index in [-0.39, 0.29) is 11.5 Å². The van der Waals surface area contributed by atoms with Crippen molar-refractivity contribution in [1.82, 2.24) is 0 Å². The molecule has 102 valence electrons. The Morgan fingerprint density at radius 3 is 2.28 bits per heavy atom. The minimum absolute atomic E-state index is 0.234. The standard InChI is InChI=1S/C16H27NS/c1-5-10-18-12-15(17)11-13-6-8-14(9-7-13)16(2,3)4/h6-9,15H,5,10-12,17H2,1-4H3. The molecule has 0 aliphatic heterocycles.